The van der Waals surface area contributed by atoms with Crippen molar-refractivity contribution in [2.24, 2.45) is 5.92 Å². The van der Waals surface area contributed by atoms with Crippen LogP contribution < -0.4 is 10.2 Å². The first-order valence-electron chi connectivity index (χ1n) is 9.69. The molecule has 1 aromatic carbocycles. The van der Waals surface area contributed by atoms with E-state index in [1.54, 1.807) is 18.3 Å². The molecular weight excluding hydrogens is 368 g/mol. The fourth-order valence-corrected chi connectivity index (χ4v) is 3.68. The lowest BCUT2D eigenvalue weighted by Crippen LogP contribution is -2.39. The van der Waals surface area contributed by atoms with Crippen molar-refractivity contribution >= 4 is 28.4 Å². The quantitative estimate of drug-likeness (QED) is 0.568. The smallest absolute Gasteiger partial charge is 0.252 e. The first-order valence-corrected chi connectivity index (χ1v) is 9.69. The van der Waals surface area contributed by atoms with Gasteiger partial charge in [-0.1, -0.05) is 12.1 Å². The molecule has 0 saturated carbocycles. The summed E-state index contributed by atoms with van der Waals surface area (Å²) in [7, 11) is 0. The van der Waals surface area contributed by atoms with Crippen LogP contribution in [0.2, 0.25) is 0 Å². The summed E-state index contributed by atoms with van der Waals surface area (Å²) < 4.78 is 1.50. The number of carbonyl (C=O) groups excluding carboxylic acids is 1. The van der Waals surface area contributed by atoms with Gasteiger partial charge in [-0.25, -0.2) is 4.98 Å². The molecule has 0 radical (unpaired) electrons. The Balaban J connectivity index is 1.16. The first-order chi connectivity index (χ1) is 14.3. The maximum Gasteiger partial charge on any atom is 0.252 e. The van der Waals surface area contributed by atoms with Crippen molar-refractivity contribution in [3.8, 4) is 0 Å². The Bertz CT molecular complexity index is 1170. The van der Waals surface area contributed by atoms with Crippen molar-refractivity contribution in [3.05, 3.63) is 54.4 Å². The molecule has 1 fully saturated rings. The van der Waals surface area contributed by atoms with Crippen LogP contribution in [0.1, 0.15) is 23.2 Å². The minimum atomic E-state index is -0.106. The molecule has 146 valence electrons. The van der Waals surface area contributed by atoms with Crippen LogP contribution in [0.25, 0.3) is 16.7 Å². The molecule has 1 amide bonds. The van der Waals surface area contributed by atoms with Crippen molar-refractivity contribution in [2.75, 3.05) is 24.5 Å². The van der Waals surface area contributed by atoms with Gasteiger partial charge in [0.2, 0.25) is 0 Å². The van der Waals surface area contributed by atoms with Gasteiger partial charge in [-0.05, 0) is 53.5 Å². The van der Waals surface area contributed by atoms with Crippen LogP contribution in [0, 0.1) is 5.92 Å². The number of benzene rings is 1. The average molecular weight is 388 g/mol. The van der Waals surface area contributed by atoms with Crippen LogP contribution >= 0.6 is 0 Å². The zero-order chi connectivity index (χ0) is 19.6. The zero-order valence-electron chi connectivity index (χ0n) is 15.8. The van der Waals surface area contributed by atoms with Gasteiger partial charge in [-0.3, -0.25) is 9.78 Å². The van der Waals surface area contributed by atoms with Gasteiger partial charge in [0.15, 0.2) is 5.65 Å². The molecule has 9 heteroatoms. The molecule has 0 unspecified atom stereocenters. The summed E-state index contributed by atoms with van der Waals surface area (Å²) in [6, 6.07) is 11.4. The normalized spacial score (nSPS) is 15.1. The number of aromatic nitrogens is 6. The van der Waals surface area contributed by atoms with E-state index in [4.69, 9.17) is 4.98 Å². The van der Waals surface area contributed by atoms with Gasteiger partial charge in [0.25, 0.3) is 5.91 Å². The Kier molecular flexibility index (Phi) is 4.47. The van der Waals surface area contributed by atoms with Crippen molar-refractivity contribution < 1.29 is 4.79 Å². The lowest BCUT2D eigenvalue weighted by Gasteiger charge is -2.32. The molecule has 1 N–H and O–H groups in total. The van der Waals surface area contributed by atoms with E-state index >= 15 is 0 Å². The van der Waals surface area contributed by atoms with Crippen LogP contribution in [-0.4, -0.2) is 55.6 Å². The van der Waals surface area contributed by atoms with Crippen LogP contribution in [0.15, 0.2) is 48.8 Å². The van der Waals surface area contributed by atoms with Crippen LogP contribution in [0.5, 0.6) is 0 Å². The van der Waals surface area contributed by atoms with E-state index in [2.05, 4.69) is 30.7 Å². The zero-order valence-corrected chi connectivity index (χ0v) is 15.8. The molecule has 4 aromatic rings. The molecule has 0 aliphatic carbocycles. The Hall–Kier alpha value is -3.62. The van der Waals surface area contributed by atoms with E-state index in [1.807, 2.05) is 30.5 Å². The van der Waals surface area contributed by atoms with Gasteiger partial charge in [-0.15, -0.1) is 5.10 Å². The number of nitrogens with one attached hydrogen (secondary N) is 1. The summed E-state index contributed by atoms with van der Waals surface area (Å²) >= 11 is 0. The van der Waals surface area contributed by atoms with Crippen LogP contribution in [0.4, 0.5) is 5.82 Å². The maximum atomic E-state index is 12.4. The number of fused-ring (bicyclic) bond motifs is 2. The van der Waals surface area contributed by atoms with Gasteiger partial charge in [0.05, 0.1) is 22.8 Å². The minimum Gasteiger partial charge on any atom is -0.355 e. The topological polar surface area (TPSA) is 101 Å². The molecule has 9 nitrogen and oxygen atoms in total. The SMILES string of the molecule is O=C(NCC1CCN(c2cnc3ccccc3n2)CC1)c1ccc2nnnn2c1. The number of anilines is 1. The Morgan fingerprint density at radius 1 is 1.10 bits per heavy atom. The van der Waals surface area contributed by atoms with Gasteiger partial charge < -0.3 is 10.2 Å². The Morgan fingerprint density at radius 2 is 1.93 bits per heavy atom. The standard InChI is InChI=1S/C20H20N8O/c29-20(15-5-6-18-24-25-26-28(18)13-15)22-11-14-7-9-27(10-8-14)19-12-21-16-3-1-2-4-17(16)23-19/h1-6,12-14H,7-11H2,(H,22,29). The molecule has 1 aliphatic rings. The molecular formula is C20H20N8O. The number of para-hydroxylation sites is 2. The van der Waals surface area contributed by atoms with Crippen molar-refractivity contribution in [3.63, 3.8) is 0 Å². The second-order valence-corrected chi connectivity index (χ2v) is 7.26. The number of tetrazole rings is 1. The highest BCUT2D eigenvalue weighted by atomic mass is 16.1. The van der Waals surface area contributed by atoms with Gasteiger partial charge in [0, 0.05) is 25.8 Å². The fourth-order valence-electron chi connectivity index (χ4n) is 3.68. The van der Waals surface area contributed by atoms with Crippen molar-refractivity contribution in [2.45, 2.75) is 12.8 Å². The molecule has 0 spiro atoms. The third-order valence-corrected chi connectivity index (χ3v) is 5.38. The number of rotatable bonds is 4. The van der Waals surface area contributed by atoms with E-state index in [1.165, 1.54) is 4.52 Å². The first kappa shape index (κ1) is 17.5. The Morgan fingerprint density at radius 3 is 2.79 bits per heavy atom. The van der Waals surface area contributed by atoms with Gasteiger partial charge >= 0.3 is 0 Å². The number of hydrogen-bond acceptors (Lipinski definition) is 7. The van der Waals surface area contributed by atoms with E-state index in [9.17, 15) is 4.79 Å². The number of piperidine rings is 1. The third kappa shape index (κ3) is 3.58. The van der Waals surface area contributed by atoms with E-state index < -0.39 is 0 Å². The lowest BCUT2D eigenvalue weighted by atomic mass is 9.96. The highest BCUT2D eigenvalue weighted by Gasteiger charge is 2.21. The highest BCUT2D eigenvalue weighted by Crippen LogP contribution is 2.22. The van der Waals surface area contributed by atoms with E-state index in [-0.39, 0.29) is 5.91 Å². The summed E-state index contributed by atoms with van der Waals surface area (Å²) in [5.41, 5.74) is 2.99. The highest BCUT2D eigenvalue weighted by molar-refractivity contribution is 5.94. The largest absolute Gasteiger partial charge is 0.355 e. The van der Waals surface area contributed by atoms with Crippen molar-refractivity contribution in [1.82, 2.24) is 35.3 Å². The van der Waals surface area contributed by atoms with Crippen molar-refractivity contribution in [1.29, 1.82) is 0 Å². The predicted octanol–water partition coefficient (Wildman–Crippen LogP) is 1.71. The molecule has 29 heavy (non-hydrogen) atoms. The van der Waals surface area contributed by atoms with Crippen LogP contribution in [0.3, 0.4) is 0 Å². The molecule has 5 rings (SSSR count). The number of amides is 1. The summed E-state index contributed by atoms with van der Waals surface area (Å²) in [4.78, 5) is 24.0. The number of nitrogens with zero attached hydrogens (tertiary/aromatic N) is 7. The van der Waals surface area contributed by atoms with Gasteiger partial charge in [0.1, 0.15) is 5.82 Å². The summed E-state index contributed by atoms with van der Waals surface area (Å²) in [5.74, 6) is 1.26. The van der Waals surface area contributed by atoms with Gasteiger partial charge in [-0.2, -0.15) is 4.52 Å². The molecule has 3 aromatic heterocycles. The lowest BCUT2D eigenvalue weighted by molar-refractivity contribution is 0.0944. The molecule has 1 aliphatic heterocycles. The summed E-state index contributed by atoms with van der Waals surface area (Å²) in [5, 5.41) is 14.3. The fraction of sp³-hybridized carbons (Fsp3) is 0.300. The minimum absolute atomic E-state index is 0.106. The second kappa shape index (κ2) is 7.42. The number of pyridine rings is 1. The Labute approximate surface area is 166 Å². The van der Waals surface area contributed by atoms with Crippen LogP contribution in [-0.2, 0) is 0 Å². The molecule has 0 bridgehead atoms. The number of carbonyl (C=O) groups is 1. The molecule has 1 saturated heterocycles. The second-order valence-electron chi connectivity index (χ2n) is 7.26. The monoisotopic (exact) mass is 388 g/mol. The summed E-state index contributed by atoms with van der Waals surface area (Å²) in [6.45, 7) is 2.47. The van der Waals surface area contributed by atoms with E-state index in [0.29, 0.717) is 23.7 Å². The molecule has 4 heterocycles. The summed E-state index contributed by atoms with van der Waals surface area (Å²) in [6.07, 6.45) is 5.49. The third-order valence-electron chi connectivity index (χ3n) is 5.38. The average Bonchev–Trinajstić information content (AvgIpc) is 3.25. The molecule has 0 atom stereocenters. The van der Waals surface area contributed by atoms with E-state index in [0.717, 1.165) is 42.8 Å². The maximum absolute atomic E-state index is 12.4. The predicted molar refractivity (Wildman–Crippen MR) is 108 cm³/mol. The number of hydrogen-bond donors (Lipinski definition) is 1.